The van der Waals surface area contributed by atoms with Crippen molar-refractivity contribution in [3.05, 3.63) is 23.8 Å². The van der Waals surface area contributed by atoms with Gasteiger partial charge in [-0.1, -0.05) is 0 Å². The molecule has 18 heavy (non-hydrogen) atoms. The smallest absolute Gasteiger partial charge is 0.238 e. The fraction of sp³-hybridized carbons (Fsp3) is 0.500. The summed E-state index contributed by atoms with van der Waals surface area (Å²) in [4.78, 5) is 0.103. The molecule has 1 aromatic carbocycles. The molecule has 0 atom stereocenters. The van der Waals surface area contributed by atoms with Gasteiger partial charge in [0.15, 0.2) is 0 Å². The van der Waals surface area contributed by atoms with E-state index in [2.05, 4.69) is 0 Å². The number of hydrogen-bond acceptors (Lipinski definition) is 4. The highest BCUT2D eigenvalue weighted by Gasteiger charge is 2.09. The summed E-state index contributed by atoms with van der Waals surface area (Å²) in [6, 6.07) is 4.60. The second kappa shape index (κ2) is 6.72. The fourth-order valence-corrected chi connectivity index (χ4v) is 2.09. The van der Waals surface area contributed by atoms with E-state index in [1.165, 1.54) is 12.1 Å². The number of unbranched alkanes of at least 4 members (excludes halogenated alkanes) is 1. The van der Waals surface area contributed by atoms with Gasteiger partial charge in [-0.15, -0.1) is 0 Å². The molecule has 0 aliphatic rings. The summed E-state index contributed by atoms with van der Waals surface area (Å²) < 4.78 is 32.8. The molecule has 0 radical (unpaired) electrons. The first-order chi connectivity index (χ1) is 8.45. The van der Waals surface area contributed by atoms with Crippen LogP contribution in [0.1, 0.15) is 18.4 Å². The highest BCUT2D eigenvalue weighted by molar-refractivity contribution is 7.89. The Morgan fingerprint density at radius 1 is 1.22 bits per heavy atom. The van der Waals surface area contributed by atoms with Crippen LogP contribution >= 0.6 is 0 Å². The molecule has 0 aromatic heterocycles. The van der Waals surface area contributed by atoms with Crippen LogP contribution in [0.15, 0.2) is 23.1 Å². The molecular weight excluding hydrogens is 254 g/mol. The third-order valence-electron chi connectivity index (χ3n) is 2.48. The lowest BCUT2D eigenvalue weighted by Gasteiger charge is -2.10. The second-order valence-electron chi connectivity index (χ2n) is 4.02. The highest BCUT2D eigenvalue weighted by atomic mass is 32.2. The third-order valence-corrected chi connectivity index (χ3v) is 3.39. The van der Waals surface area contributed by atoms with Crippen LogP contribution < -0.4 is 9.88 Å². The number of aryl methyl sites for hydroxylation is 1. The summed E-state index contributed by atoms with van der Waals surface area (Å²) in [6.07, 6.45) is 1.83. The minimum Gasteiger partial charge on any atom is -0.493 e. The second-order valence-corrected chi connectivity index (χ2v) is 5.58. The van der Waals surface area contributed by atoms with Crippen LogP contribution in [0.4, 0.5) is 0 Å². The molecule has 1 rings (SSSR count). The van der Waals surface area contributed by atoms with E-state index < -0.39 is 10.0 Å². The van der Waals surface area contributed by atoms with E-state index >= 15 is 0 Å². The van der Waals surface area contributed by atoms with Gasteiger partial charge in [0.05, 0.1) is 11.5 Å². The van der Waals surface area contributed by atoms with E-state index in [0.717, 1.165) is 18.4 Å². The summed E-state index contributed by atoms with van der Waals surface area (Å²) >= 11 is 0. The maximum atomic E-state index is 11.2. The monoisotopic (exact) mass is 273 g/mol. The minimum atomic E-state index is -3.65. The standard InChI is InChI=1S/C12H19NO4S/c1-10-9-11(18(13,14)15)5-6-12(10)17-8-4-3-7-16-2/h5-6,9H,3-4,7-8H2,1-2H3,(H2,13,14,15). The van der Waals surface area contributed by atoms with Gasteiger partial charge < -0.3 is 9.47 Å². The first-order valence-electron chi connectivity index (χ1n) is 5.70. The molecule has 0 saturated heterocycles. The molecule has 0 heterocycles. The van der Waals surface area contributed by atoms with Gasteiger partial charge in [-0.05, 0) is 43.5 Å². The number of methoxy groups -OCH3 is 1. The van der Waals surface area contributed by atoms with Gasteiger partial charge in [0, 0.05) is 13.7 Å². The Morgan fingerprint density at radius 2 is 1.89 bits per heavy atom. The number of rotatable bonds is 7. The number of nitrogens with two attached hydrogens (primary N) is 1. The molecular formula is C12H19NO4S. The topological polar surface area (TPSA) is 78.6 Å². The summed E-state index contributed by atoms with van der Waals surface area (Å²) in [5, 5.41) is 5.05. The maximum absolute atomic E-state index is 11.2. The third kappa shape index (κ3) is 4.64. The Hall–Kier alpha value is -1.11. The van der Waals surface area contributed by atoms with Crippen LogP contribution in [-0.4, -0.2) is 28.7 Å². The predicted octanol–water partition coefficient (Wildman–Crippen LogP) is 1.45. The molecule has 0 bridgehead atoms. The lowest BCUT2D eigenvalue weighted by Crippen LogP contribution is -2.12. The molecule has 0 spiro atoms. The average molecular weight is 273 g/mol. The van der Waals surface area contributed by atoms with Crippen molar-refractivity contribution in [3.8, 4) is 5.75 Å². The number of ether oxygens (including phenoxy) is 2. The Kier molecular flexibility index (Phi) is 5.58. The van der Waals surface area contributed by atoms with Crippen molar-refractivity contribution in [1.82, 2.24) is 0 Å². The van der Waals surface area contributed by atoms with Gasteiger partial charge in [0.25, 0.3) is 0 Å². The van der Waals surface area contributed by atoms with Crippen molar-refractivity contribution in [2.24, 2.45) is 5.14 Å². The first kappa shape index (κ1) is 14.9. The summed E-state index contributed by atoms with van der Waals surface area (Å²) in [5.74, 6) is 0.680. The van der Waals surface area contributed by atoms with E-state index in [1.807, 2.05) is 0 Å². The van der Waals surface area contributed by atoms with Crippen LogP contribution in [0, 0.1) is 6.92 Å². The van der Waals surface area contributed by atoms with E-state index in [4.69, 9.17) is 14.6 Å². The molecule has 0 unspecified atom stereocenters. The quantitative estimate of drug-likeness (QED) is 0.763. The molecule has 102 valence electrons. The predicted molar refractivity (Wildman–Crippen MR) is 69.2 cm³/mol. The van der Waals surface area contributed by atoms with E-state index in [9.17, 15) is 8.42 Å². The van der Waals surface area contributed by atoms with Crippen molar-refractivity contribution in [2.75, 3.05) is 20.3 Å². The van der Waals surface area contributed by atoms with Crippen LogP contribution in [0.5, 0.6) is 5.75 Å². The van der Waals surface area contributed by atoms with Crippen LogP contribution in [0.25, 0.3) is 0 Å². The van der Waals surface area contributed by atoms with Crippen molar-refractivity contribution in [2.45, 2.75) is 24.7 Å². The molecule has 0 fully saturated rings. The molecule has 2 N–H and O–H groups in total. The van der Waals surface area contributed by atoms with Crippen molar-refractivity contribution < 1.29 is 17.9 Å². The lowest BCUT2D eigenvalue weighted by molar-refractivity contribution is 0.184. The Morgan fingerprint density at radius 3 is 2.44 bits per heavy atom. The number of primary sulfonamides is 1. The zero-order chi connectivity index (χ0) is 13.6. The Labute approximate surface area is 108 Å². The van der Waals surface area contributed by atoms with Crippen LogP contribution in [-0.2, 0) is 14.8 Å². The van der Waals surface area contributed by atoms with Gasteiger partial charge >= 0.3 is 0 Å². The van der Waals surface area contributed by atoms with E-state index in [1.54, 1.807) is 20.1 Å². The Balaban J connectivity index is 2.58. The fourth-order valence-electron chi connectivity index (χ4n) is 1.49. The normalized spacial score (nSPS) is 11.5. The van der Waals surface area contributed by atoms with Crippen molar-refractivity contribution in [1.29, 1.82) is 0 Å². The minimum absolute atomic E-state index is 0.103. The lowest BCUT2D eigenvalue weighted by atomic mass is 10.2. The molecule has 5 nitrogen and oxygen atoms in total. The summed E-state index contributed by atoms with van der Waals surface area (Å²) in [7, 11) is -1.98. The highest BCUT2D eigenvalue weighted by Crippen LogP contribution is 2.21. The summed E-state index contributed by atoms with van der Waals surface area (Å²) in [6.45, 7) is 3.09. The average Bonchev–Trinajstić information content (AvgIpc) is 2.29. The number of benzene rings is 1. The molecule has 0 aliphatic heterocycles. The maximum Gasteiger partial charge on any atom is 0.238 e. The zero-order valence-electron chi connectivity index (χ0n) is 10.7. The van der Waals surface area contributed by atoms with Crippen molar-refractivity contribution in [3.63, 3.8) is 0 Å². The molecule has 0 amide bonds. The van der Waals surface area contributed by atoms with Crippen molar-refractivity contribution >= 4 is 10.0 Å². The molecule has 6 heteroatoms. The number of sulfonamides is 1. The number of hydrogen-bond donors (Lipinski definition) is 1. The molecule has 0 aliphatic carbocycles. The van der Waals surface area contributed by atoms with Gasteiger partial charge in [-0.2, -0.15) is 0 Å². The summed E-state index contributed by atoms with van der Waals surface area (Å²) in [5.41, 5.74) is 0.758. The first-order valence-corrected chi connectivity index (χ1v) is 7.25. The SMILES string of the molecule is COCCCCOc1ccc(S(N)(=O)=O)cc1C. The largest absolute Gasteiger partial charge is 0.493 e. The van der Waals surface area contributed by atoms with Gasteiger partial charge in [0.1, 0.15) is 5.75 Å². The van der Waals surface area contributed by atoms with Crippen LogP contribution in [0.2, 0.25) is 0 Å². The Bertz CT molecular complexity index is 485. The van der Waals surface area contributed by atoms with Gasteiger partial charge in [0.2, 0.25) is 10.0 Å². The molecule has 0 saturated carbocycles. The molecule has 1 aromatic rings. The van der Waals surface area contributed by atoms with E-state index in [0.29, 0.717) is 19.0 Å². The van der Waals surface area contributed by atoms with Gasteiger partial charge in [-0.3, -0.25) is 0 Å². The van der Waals surface area contributed by atoms with Gasteiger partial charge in [-0.25, -0.2) is 13.6 Å². The zero-order valence-corrected chi connectivity index (χ0v) is 11.5. The van der Waals surface area contributed by atoms with E-state index in [-0.39, 0.29) is 4.90 Å². The van der Waals surface area contributed by atoms with Crippen LogP contribution in [0.3, 0.4) is 0 Å².